The molecule has 0 radical (unpaired) electrons. The maximum atomic E-state index is 5.37. The first-order valence-electron chi connectivity index (χ1n) is 6.94. The number of anilines is 1. The van der Waals surface area contributed by atoms with Crippen molar-refractivity contribution in [2.75, 3.05) is 24.5 Å². The van der Waals surface area contributed by atoms with E-state index in [1.54, 1.807) is 0 Å². The zero-order chi connectivity index (χ0) is 14.3. The van der Waals surface area contributed by atoms with Crippen LogP contribution in [-0.2, 0) is 6.54 Å². The third-order valence-electron chi connectivity index (χ3n) is 3.04. The Morgan fingerprint density at radius 1 is 1.42 bits per heavy atom. The third-order valence-corrected chi connectivity index (χ3v) is 3.04. The van der Waals surface area contributed by atoms with E-state index >= 15 is 0 Å². The van der Waals surface area contributed by atoms with Crippen LogP contribution < -0.4 is 10.2 Å². The van der Waals surface area contributed by atoms with E-state index in [0.717, 1.165) is 31.1 Å². The van der Waals surface area contributed by atoms with Gasteiger partial charge in [0.15, 0.2) is 0 Å². The number of nitrogens with zero attached hydrogens (tertiary/aromatic N) is 2. The minimum atomic E-state index is 0.605. The Morgan fingerprint density at radius 2 is 2.16 bits per heavy atom. The molecule has 1 aromatic heterocycles. The van der Waals surface area contributed by atoms with Crippen molar-refractivity contribution in [3.8, 4) is 12.3 Å². The second kappa shape index (κ2) is 7.81. The first-order chi connectivity index (χ1) is 9.08. The molecule has 0 bridgehead atoms. The standard InChI is InChI=1S/C16H25N3/c1-6-10-19(7-2)16-9-8-15(14(5)18-16)12-17-11-13(3)4/h1,8-9,13,17H,7,10-12H2,2-5H3. The van der Waals surface area contributed by atoms with Crippen molar-refractivity contribution >= 4 is 5.82 Å². The van der Waals surface area contributed by atoms with E-state index in [1.807, 2.05) is 0 Å². The van der Waals surface area contributed by atoms with Crippen molar-refractivity contribution in [3.05, 3.63) is 23.4 Å². The van der Waals surface area contributed by atoms with Gasteiger partial charge in [-0.25, -0.2) is 4.98 Å². The molecule has 104 valence electrons. The highest BCUT2D eigenvalue weighted by molar-refractivity contribution is 5.42. The SMILES string of the molecule is C#CCN(CC)c1ccc(CNCC(C)C)c(C)n1. The number of rotatable bonds is 7. The fourth-order valence-electron chi connectivity index (χ4n) is 1.90. The summed E-state index contributed by atoms with van der Waals surface area (Å²) in [6.45, 7) is 11.9. The van der Waals surface area contributed by atoms with Crippen LogP contribution >= 0.6 is 0 Å². The summed E-state index contributed by atoms with van der Waals surface area (Å²) in [5, 5.41) is 3.44. The summed E-state index contributed by atoms with van der Waals surface area (Å²) < 4.78 is 0. The maximum Gasteiger partial charge on any atom is 0.129 e. The van der Waals surface area contributed by atoms with Crippen molar-refractivity contribution in [2.45, 2.75) is 34.2 Å². The smallest absolute Gasteiger partial charge is 0.129 e. The van der Waals surface area contributed by atoms with Gasteiger partial charge in [0.1, 0.15) is 5.82 Å². The van der Waals surface area contributed by atoms with Crippen molar-refractivity contribution in [2.24, 2.45) is 5.92 Å². The molecule has 1 heterocycles. The summed E-state index contributed by atoms with van der Waals surface area (Å²) in [4.78, 5) is 6.75. The van der Waals surface area contributed by atoms with Crippen LogP contribution in [0.15, 0.2) is 12.1 Å². The molecular weight excluding hydrogens is 234 g/mol. The molecular formula is C16H25N3. The average molecular weight is 259 g/mol. The summed E-state index contributed by atoms with van der Waals surface area (Å²) in [6, 6.07) is 4.20. The number of hydrogen-bond donors (Lipinski definition) is 1. The quantitative estimate of drug-likeness (QED) is 0.763. The van der Waals surface area contributed by atoms with Crippen LogP contribution in [0.25, 0.3) is 0 Å². The highest BCUT2D eigenvalue weighted by atomic mass is 15.2. The van der Waals surface area contributed by atoms with E-state index in [9.17, 15) is 0 Å². The van der Waals surface area contributed by atoms with E-state index in [2.05, 4.69) is 60.9 Å². The molecule has 0 aliphatic heterocycles. The van der Waals surface area contributed by atoms with Gasteiger partial charge in [-0.1, -0.05) is 25.8 Å². The van der Waals surface area contributed by atoms with Crippen LogP contribution in [0.5, 0.6) is 0 Å². The minimum Gasteiger partial charge on any atom is -0.346 e. The molecule has 0 unspecified atom stereocenters. The summed E-state index contributed by atoms with van der Waals surface area (Å²) in [7, 11) is 0. The number of aryl methyl sites for hydroxylation is 1. The van der Waals surface area contributed by atoms with Crippen molar-refractivity contribution in [1.82, 2.24) is 10.3 Å². The van der Waals surface area contributed by atoms with Gasteiger partial charge in [-0.05, 0) is 37.9 Å². The zero-order valence-corrected chi connectivity index (χ0v) is 12.5. The molecule has 0 aromatic carbocycles. The average Bonchev–Trinajstić information content (AvgIpc) is 2.37. The van der Waals surface area contributed by atoms with E-state index in [-0.39, 0.29) is 0 Å². The maximum absolute atomic E-state index is 5.37. The number of terminal acetylenes is 1. The fraction of sp³-hybridized carbons (Fsp3) is 0.562. The molecule has 1 aromatic rings. The van der Waals surface area contributed by atoms with Gasteiger partial charge < -0.3 is 10.2 Å². The van der Waals surface area contributed by atoms with Crippen molar-refractivity contribution in [1.29, 1.82) is 0 Å². The third kappa shape index (κ3) is 4.92. The van der Waals surface area contributed by atoms with Crippen LogP contribution in [0.3, 0.4) is 0 Å². The normalized spacial score (nSPS) is 10.5. The summed E-state index contributed by atoms with van der Waals surface area (Å²) in [5.41, 5.74) is 2.32. The fourth-order valence-corrected chi connectivity index (χ4v) is 1.90. The van der Waals surface area contributed by atoms with Crippen LogP contribution in [0.4, 0.5) is 5.82 Å². The van der Waals surface area contributed by atoms with Crippen LogP contribution in [-0.4, -0.2) is 24.6 Å². The molecule has 0 amide bonds. The Morgan fingerprint density at radius 3 is 2.68 bits per heavy atom. The lowest BCUT2D eigenvalue weighted by Gasteiger charge is -2.20. The number of nitrogens with one attached hydrogen (secondary N) is 1. The molecule has 3 nitrogen and oxygen atoms in total. The Labute approximate surface area is 117 Å². The van der Waals surface area contributed by atoms with Gasteiger partial charge in [-0.2, -0.15) is 0 Å². The predicted octanol–water partition coefficient (Wildman–Crippen LogP) is 2.60. The van der Waals surface area contributed by atoms with E-state index in [4.69, 9.17) is 6.42 Å². The van der Waals surface area contributed by atoms with Gasteiger partial charge in [0, 0.05) is 18.8 Å². The second-order valence-electron chi connectivity index (χ2n) is 5.16. The number of pyridine rings is 1. The molecule has 0 saturated heterocycles. The van der Waals surface area contributed by atoms with Gasteiger partial charge in [0.2, 0.25) is 0 Å². The first kappa shape index (κ1) is 15.5. The monoisotopic (exact) mass is 259 g/mol. The highest BCUT2D eigenvalue weighted by Gasteiger charge is 2.07. The molecule has 1 rings (SSSR count). The van der Waals surface area contributed by atoms with Gasteiger partial charge in [-0.15, -0.1) is 6.42 Å². The second-order valence-corrected chi connectivity index (χ2v) is 5.16. The Hall–Kier alpha value is -1.53. The van der Waals surface area contributed by atoms with Crippen LogP contribution in [0.2, 0.25) is 0 Å². The number of aromatic nitrogens is 1. The topological polar surface area (TPSA) is 28.2 Å². The zero-order valence-electron chi connectivity index (χ0n) is 12.5. The Kier molecular flexibility index (Phi) is 6.38. The molecule has 0 atom stereocenters. The largest absolute Gasteiger partial charge is 0.346 e. The van der Waals surface area contributed by atoms with Crippen LogP contribution in [0.1, 0.15) is 32.0 Å². The lowest BCUT2D eigenvalue weighted by atomic mass is 10.2. The molecule has 0 aliphatic rings. The van der Waals surface area contributed by atoms with Gasteiger partial charge >= 0.3 is 0 Å². The first-order valence-corrected chi connectivity index (χ1v) is 6.94. The van der Waals surface area contributed by atoms with E-state index < -0.39 is 0 Å². The lowest BCUT2D eigenvalue weighted by molar-refractivity contribution is 0.551. The molecule has 0 saturated carbocycles. The van der Waals surface area contributed by atoms with Gasteiger partial charge in [0.05, 0.1) is 6.54 Å². The van der Waals surface area contributed by atoms with E-state index in [0.29, 0.717) is 12.5 Å². The van der Waals surface area contributed by atoms with Crippen molar-refractivity contribution < 1.29 is 0 Å². The molecule has 3 heteroatoms. The van der Waals surface area contributed by atoms with Crippen LogP contribution in [0, 0.1) is 25.2 Å². The highest BCUT2D eigenvalue weighted by Crippen LogP contribution is 2.14. The number of hydrogen-bond acceptors (Lipinski definition) is 3. The molecule has 0 spiro atoms. The molecule has 0 aliphatic carbocycles. The van der Waals surface area contributed by atoms with Gasteiger partial charge in [-0.3, -0.25) is 0 Å². The molecule has 1 N–H and O–H groups in total. The van der Waals surface area contributed by atoms with E-state index in [1.165, 1.54) is 5.56 Å². The molecule has 19 heavy (non-hydrogen) atoms. The van der Waals surface area contributed by atoms with Gasteiger partial charge in [0.25, 0.3) is 0 Å². The Bertz CT molecular complexity index is 432. The summed E-state index contributed by atoms with van der Waals surface area (Å²) in [5.74, 6) is 4.30. The van der Waals surface area contributed by atoms with Crippen molar-refractivity contribution in [3.63, 3.8) is 0 Å². The summed E-state index contributed by atoms with van der Waals surface area (Å²) in [6.07, 6.45) is 5.37. The summed E-state index contributed by atoms with van der Waals surface area (Å²) >= 11 is 0. The Balaban J connectivity index is 2.71. The molecule has 0 fully saturated rings. The lowest BCUT2D eigenvalue weighted by Crippen LogP contribution is -2.24. The predicted molar refractivity (Wildman–Crippen MR) is 82.2 cm³/mol. The minimum absolute atomic E-state index is 0.605.